The molecule has 0 radical (unpaired) electrons. The Kier molecular flexibility index (Phi) is 10.1. The number of nitrogens with zero attached hydrogens (tertiary/aromatic N) is 3. The van der Waals surface area contributed by atoms with Crippen molar-refractivity contribution in [3.05, 3.63) is 59.7 Å². The first-order chi connectivity index (χ1) is 22.2. The van der Waals surface area contributed by atoms with Gasteiger partial charge in [-0.15, -0.1) is 0 Å². The van der Waals surface area contributed by atoms with Crippen LogP contribution in [0.3, 0.4) is 0 Å². The van der Waals surface area contributed by atoms with Crippen LogP contribution in [-0.2, 0) is 27.5 Å². The Morgan fingerprint density at radius 3 is 2.51 bits per heavy atom. The fourth-order valence-corrected chi connectivity index (χ4v) is 7.96. The van der Waals surface area contributed by atoms with Gasteiger partial charge in [0.15, 0.2) is 0 Å². The lowest BCUT2D eigenvalue weighted by atomic mass is 9.46. The molecule has 4 N–H and O–H groups in total. The summed E-state index contributed by atoms with van der Waals surface area (Å²) in [4.78, 5) is 36.2. The minimum atomic E-state index is -0.820. The molecule has 4 aliphatic rings. The summed E-state index contributed by atoms with van der Waals surface area (Å²) in [7, 11) is 7.40. The predicted molar refractivity (Wildman–Crippen MR) is 184 cm³/mol. The normalized spacial score (nSPS) is 27.1. The van der Waals surface area contributed by atoms with Crippen LogP contribution in [0.1, 0.15) is 51.7 Å². The highest BCUT2D eigenvalue weighted by Gasteiger charge is 2.56. The molecule has 10 heteroatoms. The molecule has 7 atom stereocenters. The van der Waals surface area contributed by atoms with Crippen LogP contribution in [0.25, 0.3) is 11.1 Å². The predicted octanol–water partition coefficient (Wildman–Crippen LogP) is 3.95. The minimum Gasteiger partial charge on any atom is -0.496 e. The van der Waals surface area contributed by atoms with Crippen molar-refractivity contribution >= 4 is 17.5 Å². The van der Waals surface area contributed by atoms with E-state index in [4.69, 9.17) is 15.3 Å². The quantitative estimate of drug-likeness (QED) is 0.314. The van der Waals surface area contributed by atoms with Crippen LogP contribution in [0.5, 0.6) is 5.75 Å². The first-order valence-corrected chi connectivity index (χ1v) is 16.7. The molecule has 256 valence electrons. The largest absolute Gasteiger partial charge is 0.496 e. The summed E-state index contributed by atoms with van der Waals surface area (Å²) in [6.07, 6.45) is 0.650. The highest BCUT2D eigenvalue weighted by atomic mass is 16.7. The zero-order valence-electron chi connectivity index (χ0n) is 29.2. The van der Waals surface area contributed by atoms with Gasteiger partial charge in [-0.2, -0.15) is 5.06 Å². The molecule has 47 heavy (non-hydrogen) atoms. The van der Waals surface area contributed by atoms with Crippen LogP contribution >= 0.6 is 0 Å². The van der Waals surface area contributed by atoms with Gasteiger partial charge in [-0.05, 0) is 66.3 Å². The molecule has 1 aliphatic heterocycles. The summed E-state index contributed by atoms with van der Waals surface area (Å²) in [6, 6.07) is 11.3. The van der Waals surface area contributed by atoms with Crippen molar-refractivity contribution in [1.29, 1.82) is 0 Å². The van der Waals surface area contributed by atoms with E-state index in [1.165, 1.54) is 0 Å². The zero-order chi connectivity index (χ0) is 34.4. The number of anilines is 1. The van der Waals surface area contributed by atoms with Gasteiger partial charge in [0.1, 0.15) is 11.8 Å². The number of carbonyl (C=O) groups is 2. The van der Waals surface area contributed by atoms with Crippen LogP contribution in [0, 0.1) is 23.2 Å². The van der Waals surface area contributed by atoms with E-state index in [1.807, 2.05) is 37.2 Å². The minimum absolute atomic E-state index is 0.00897. The molecule has 0 unspecified atom stereocenters. The number of para-hydroxylation sites is 1. The smallest absolute Gasteiger partial charge is 0.240 e. The van der Waals surface area contributed by atoms with Crippen molar-refractivity contribution in [2.24, 2.45) is 28.9 Å². The Labute approximate surface area is 279 Å². The molecule has 3 saturated carbocycles. The van der Waals surface area contributed by atoms with E-state index in [0.717, 1.165) is 46.4 Å². The maximum absolute atomic E-state index is 14.1. The van der Waals surface area contributed by atoms with E-state index in [2.05, 4.69) is 43.9 Å². The van der Waals surface area contributed by atoms with Crippen molar-refractivity contribution in [2.45, 2.75) is 77.9 Å². The first-order valence-electron chi connectivity index (χ1n) is 16.7. The van der Waals surface area contributed by atoms with Crippen molar-refractivity contribution in [3.63, 3.8) is 0 Å². The highest BCUT2D eigenvalue weighted by molar-refractivity contribution is 5.83. The number of hydrogen-bond donors (Lipinski definition) is 3. The van der Waals surface area contributed by atoms with E-state index in [9.17, 15) is 14.7 Å². The molecule has 1 saturated heterocycles. The summed E-state index contributed by atoms with van der Waals surface area (Å²) < 4.78 is 6.05. The van der Waals surface area contributed by atoms with E-state index in [1.54, 1.807) is 38.0 Å². The van der Waals surface area contributed by atoms with Crippen LogP contribution in [0.2, 0.25) is 0 Å². The second-order valence-corrected chi connectivity index (χ2v) is 14.6. The summed E-state index contributed by atoms with van der Waals surface area (Å²) in [5, 5.41) is 15.9. The fraction of sp³-hybridized carbons (Fsp3) is 0.568. The maximum atomic E-state index is 14.1. The van der Waals surface area contributed by atoms with Gasteiger partial charge in [-0.25, -0.2) is 0 Å². The second-order valence-electron chi connectivity index (χ2n) is 14.6. The van der Waals surface area contributed by atoms with Gasteiger partial charge in [0.2, 0.25) is 11.8 Å². The Balaban J connectivity index is 1.46. The van der Waals surface area contributed by atoms with Gasteiger partial charge in [0, 0.05) is 63.9 Å². The van der Waals surface area contributed by atoms with Crippen molar-refractivity contribution in [2.75, 3.05) is 39.7 Å². The topological polar surface area (TPSA) is 121 Å². The van der Waals surface area contributed by atoms with Gasteiger partial charge in [-0.1, -0.05) is 44.2 Å². The number of ether oxygens (including phenoxy) is 1. The van der Waals surface area contributed by atoms with Crippen molar-refractivity contribution in [1.82, 2.24) is 15.3 Å². The summed E-state index contributed by atoms with van der Waals surface area (Å²) in [6.45, 7) is 13.1. The van der Waals surface area contributed by atoms with Crippen LogP contribution in [-0.4, -0.2) is 86.0 Å². The average molecular weight is 648 g/mol. The number of carbonyl (C=O) groups excluding carboxylic acids is 2. The third-order valence-electron chi connectivity index (χ3n) is 11.0. The van der Waals surface area contributed by atoms with Crippen LogP contribution in [0.15, 0.2) is 48.6 Å². The number of nitrogens with two attached hydrogens (primary N) is 1. The SMILES string of the molecule is C=C1[C@@H](NC(=O)[C@@H]2[C@@H]([C@H](C)O)[C@H](CN)ON2Cc2cccc(-c3cc(CN(C)C(C)=O)cc(N(C)C)c3)c2OC)C[C@H]2C[C@@H]1C2(C)C. The lowest BCUT2D eigenvalue weighted by Gasteiger charge is -2.60. The van der Waals surface area contributed by atoms with Gasteiger partial charge in [0.05, 0.1) is 31.9 Å². The van der Waals surface area contributed by atoms with E-state index < -0.39 is 24.2 Å². The van der Waals surface area contributed by atoms with Gasteiger partial charge in [0.25, 0.3) is 0 Å². The Hall–Kier alpha value is -3.44. The van der Waals surface area contributed by atoms with Crippen molar-refractivity contribution in [3.8, 4) is 16.9 Å². The number of aliphatic hydroxyl groups is 1. The highest BCUT2D eigenvalue weighted by Crippen LogP contribution is 2.60. The zero-order valence-corrected chi connectivity index (χ0v) is 29.2. The van der Waals surface area contributed by atoms with E-state index >= 15 is 0 Å². The molecule has 3 aliphatic carbocycles. The maximum Gasteiger partial charge on any atom is 0.240 e. The number of methoxy groups -OCH3 is 1. The number of rotatable bonds is 11. The second kappa shape index (κ2) is 13.6. The molecule has 10 nitrogen and oxygen atoms in total. The molecular weight excluding hydrogens is 594 g/mol. The summed E-state index contributed by atoms with van der Waals surface area (Å²) >= 11 is 0. The molecule has 2 amide bonds. The molecule has 0 spiro atoms. The molecule has 6 rings (SSSR count). The summed E-state index contributed by atoms with van der Waals surface area (Å²) in [5.74, 6) is 0.882. The summed E-state index contributed by atoms with van der Waals surface area (Å²) in [5.41, 5.74) is 12.1. The number of benzene rings is 2. The third kappa shape index (κ3) is 6.66. The molecule has 2 aromatic rings. The average Bonchev–Trinajstić information content (AvgIpc) is 3.40. The standard InChI is InChI=1S/C37H53N5O5/c1-21-30-16-27(37(30,4)5)17-31(21)39-36(45)34-33(22(2)43)32(18-38)47-42(34)20-25-11-10-12-29(35(25)46-9)26-13-24(19-41(8)23(3)44)14-28(15-26)40(6)7/h10-15,22,27,30-34,43H,1,16-20,38H2,2-9H3,(H,39,45)/t22-,27+,30-,31-,32-,33-,34-/m0/s1. The monoisotopic (exact) mass is 647 g/mol. The Morgan fingerprint density at radius 2 is 1.94 bits per heavy atom. The van der Waals surface area contributed by atoms with Crippen LogP contribution in [0.4, 0.5) is 5.69 Å². The molecular formula is C37H53N5O5. The number of aliphatic hydroxyl groups excluding tert-OH is 1. The lowest BCUT2D eigenvalue weighted by Crippen LogP contribution is -2.59. The Bertz CT molecular complexity index is 1510. The number of hydrogen-bond acceptors (Lipinski definition) is 8. The molecule has 2 aromatic carbocycles. The Morgan fingerprint density at radius 1 is 1.21 bits per heavy atom. The van der Waals surface area contributed by atoms with Gasteiger partial charge >= 0.3 is 0 Å². The van der Waals surface area contributed by atoms with E-state index in [-0.39, 0.29) is 36.4 Å². The van der Waals surface area contributed by atoms with Gasteiger partial charge < -0.3 is 30.7 Å². The number of nitrogens with one attached hydrogen (secondary N) is 1. The van der Waals surface area contributed by atoms with Crippen LogP contribution < -0.4 is 20.7 Å². The molecule has 2 bridgehead atoms. The molecule has 1 heterocycles. The molecule has 0 aromatic heterocycles. The third-order valence-corrected chi connectivity index (χ3v) is 11.0. The van der Waals surface area contributed by atoms with Crippen molar-refractivity contribution < 1.29 is 24.3 Å². The fourth-order valence-electron chi connectivity index (χ4n) is 7.96. The number of hydroxylamine groups is 2. The number of amides is 2. The first kappa shape index (κ1) is 34.9. The van der Waals surface area contributed by atoms with Gasteiger partial charge in [-0.3, -0.25) is 14.4 Å². The van der Waals surface area contributed by atoms with E-state index in [0.29, 0.717) is 24.1 Å². The number of fused-ring (bicyclic) bond motifs is 2. The lowest BCUT2D eigenvalue weighted by molar-refractivity contribution is -0.174. The molecule has 4 fully saturated rings.